The second-order valence-corrected chi connectivity index (χ2v) is 4.15. The fraction of sp³-hybridized carbons (Fsp3) is 0.0667. The predicted molar refractivity (Wildman–Crippen MR) is 67.6 cm³/mol. The van der Waals surface area contributed by atoms with Crippen LogP contribution in [0.1, 0.15) is 5.56 Å². The Morgan fingerprint density at radius 2 is 1.88 bits per heavy atom. The minimum absolute atomic E-state index is 0.964. The van der Waals surface area contributed by atoms with Gasteiger partial charge in [0.15, 0.2) is 5.69 Å². The Hall–Kier alpha value is -2.22. The van der Waals surface area contributed by atoms with Crippen LogP contribution in [0.5, 0.6) is 0 Å². The van der Waals surface area contributed by atoms with Crippen molar-refractivity contribution in [3.05, 3.63) is 66.5 Å². The quantitative estimate of drug-likeness (QED) is 0.577. The first-order valence-corrected chi connectivity index (χ1v) is 5.67. The van der Waals surface area contributed by atoms with Gasteiger partial charge in [0.2, 0.25) is 0 Å². The summed E-state index contributed by atoms with van der Waals surface area (Å²) in [6, 6.07) is 16.5. The molecule has 0 radical (unpaired) electrons. The van der Waals surface area contributed by atoms with Crippen LogP contribution in [-0.4, -0.2) is 4.98 Å². The Bertz CT molecular complexity index is 674. The van der Waals surface area contributed by atoms with E-state index in [0.717, 1.165) is 16.9 Å². The highest BCUT2D eigenvalue weighted by Gasteiger charge is 2.08. The maximum absolute atomic E-state index is 4.65. The first-order valence-electron chi connectivity index (χ1n) is 5.67. The zero-order valence-electron chi connectivity index (χ0n) is 9.67. The minimum Gasteiger partial charge on any atom is -0.203 e. The normalized spacial score (nSPS) is 10.6. The lowest BCUT2D eigenvalue weighted by Crippen LogP contribution is -2.21. The standard InChI is InChI=1S/C15H13N2/c1-12-5-4-6-13(11-12)14-8-10-17-9-3-2-7-15(17)16-14/h2-11H,1H3/q+1. The van der Waals surface area contributed by atoms with Gasteiger partial charge in [-0.2, -0.15) is 0 Å². The van der Waals surface area contributed by atoms with Crippen molar-refractivity contribution in [2.75, 3.05) is 0 Å². The molecule has 0 aliphatic carbocycles. The van der Waals surface area contributed by atoms with Crippen LogP contribution >= 0.6 is 0 Å². The van der Waals surface area contributed by atoms with Gasteiger partial charge in [0.1, 0.15) is 6.20 Å². The highest BCUT2D eigenvalue weighted by atomic mass is 14.9. The van der Waals surface area contributed by atoms with Gasteiger partial charge in [0.25, 0.3) is 0 Å². The molecule has 0 N–H and O–H groups in total. The highest BCUT2D eigenvalue weighted by molar-refractivity contribution is 5.60. The van der Waals surface area contributed by atoms with Crippen LogP contribution in [0.25, 0.3) is 16.9 Å². The van der Waals surface area contributed by atoms with E-state index < -0.39 is 0 Å². The number of benzene rings is 1. The van der Waals surface area contributed by atoms with Crippen LogP contribution in [0, 0.1) is 6.92 Å². The number of hydrogen-bond acceptors (Lipinski definition) is 1. The largest absolute Gasteiger partial charge is 0.328 e. The zero-order chi connectivity index (χ0) is 11.7. The molecule has 2 heterocycles. The SMILES string of the molecule is Cc1cccc(-c2cc[n+]3ccccc3n2)c1. The van der Waals surface area contributed by atoms with Crippen LogP contribution in [0.2, 0.25) is 0 Å². The third-order valence-electron chi connectivity index (χ3n) is 2.81. The van der Waals surface area contributed by atoms with Gasteiger partial charge in [-0.3, -0.25) is 0 Å². The number of hydrogen-bond donors (Lipinski definition) is 0. The maximum Gasteiger partial charge on any atom is 0.328 e. The monoisotopic (exact) mass is 221 g/mol. The molecule has 0 bridgehead atoms. The third kappa shape index (κ3) is 1.89. The highest BCUT2D eigenvalue weighted by Crippen LogP contribution is 2.17. The first kappa shape index (κ1) is 9.97. The van der Waals surface area contributed by atoms with Crippen molar-refractivity contribution in [3.8, 4) is 11.3 Å². The molecular formula is C15H13N2+. The fourth-order valence-electron chi connectivity index (χ4n) is 1.94. The summed E-state index contributed by atoms with van der Waals surface area (Å²) in [5.41, 5.74) is 4.40. The summed E-state index contributed by atoms with van der Waals surface area (Å²) < 4.78 is 2.01. The van der Waals surface area contributed by atoms with Gasteiger partial charge in [-0.25, -0.2) is 4.40 Å². The van der Waals surface area contributed by atoms with E-state index in [1.807, 2.05) is 41.1 Å². The van der Waals surface area contributed by atoms with Crippen LogP contribution in [0.4, 0.5) is 0 Å². The number of aryl methyl sites for hydroxylation is 1. The van der Waals surface area contributed by atoms with Crippen molar-refractivity contribution in [1.29, 1.82) is 0 Å². The Kier molecular flexibility index (Phi) is 2.33. The van der Waals surface area contributed by atoms with Gasteiger partial charge in [-0.15, -0.1) is 0 Å². The number of pyridine rings is 1. The van der Waals surface area contributed by atoms with E-state index in [1.54, 1.807) is 0 Å². The van der Waals surface area contributed by atoms with Crippen molar-refractivity contribution >= 4 is 5.65 Å². The lowest BCUT2D eigenvalue weighted by molar-refractivity contribution is -0.514. The molecule has 0 unspecified atom stereocenters. The molecule has 2 heteroatoms. The van der Waals surface area contributed by atoms with Gasteiger partial charge in [0, 0.05) is 17.7 Å². The van der Waals surface area contributed by atoms with Crippen LogP contribution in [-0.2, 0) is 0 Å². The van der Waals surface area contributed by atoms with Gasteiger partial charge in [-0.05, 0) is 24.0 Å². The van der Waals surface area contributed by atoms with Gasteiger partial charge >= 0.3 is 5.65 Å². The summed E-state index contributed by atoms with van der Waals surface area (Å²) in [6.45, 7) is 2.10. The smallest absolute Gasteiger partial charge is 0.203 e. The molecule has 0 fully saturated rings. The van der Waals surface area contributed by atoms with Crippen molar-refractivity contribution in [2.45, 2.75) is 6.92 Å². The summed E-state index contributed by atoms with van der Waals surface area (Å²) in [4.78, 5) is 4.65. The Morgan fingerprint density at radius 3 is 2.76 bits per heavy atom. The zero-order valence-corrected chi connectivity index (χ0v) is 9.67. The van der Waals surface area contributed by atoms with Crippen LogP contribution in [0.3, 0.4) is 0 Å². The van der Waals surface area contributed by atoms with E-state index >= 15 is 0 Å². The van der Waals surface area contributed by atoms with Crippen molar-refractivity contribution in [2.24, 2.45) is 0 Å². The second-order valence-electron chi connectivity index (χ2n) is 4.15. The average Bonchev–Trinajstić information content (AvgIpc) is 2.38. The van der Waals surface area contributed by atoms with Crippen LogP contribution in [0.15, 0.2) is 60.9 Å². The second kappa shape index (κ2) is 3.98. The van der Waals surface area contributed by atoms with Crippen molar-refractivity contribution in [3.63, 3.8) is 0 Å². The van der Waals surface area contributed by atoms with Crippen molar-refractivity contribution < 1.29 is 4.40 Å². The molecule has 0 aliphatic rings. The van der Waals surface area contributed by atoms with Crippen molar-refractivity contribution in [1.82, 2.24) is 4.98 Å². The topological polar surface area (TPSA) is 17.0 Å². The van der Waals surface area contributed by atoms with E-state index in [0.29, 0.717) is 0 Å². The van der Waals surface area contributed by atoms with E-state index in [-0.39, 0.29) is 0 Å². The molecule has 3 rings (SSSR count). The number of nitrogens with zero attached hydrogens (tertiary/aromatic N) is 2. The van der Waals surface area contributed by atoms with Gasteiger partial charge in [0.05, 0.1) is 6.20 Å². The van der Waals surface area contributed by atoms with E-state index in [2.05, 4.69) is 36.2 Å². The van der Waals surface area contributed by atoms with E-state index in [9.17, 15) is 0 Å². The summed E-state index contributed by atoms with van der Waals surface area (Å²) in [6.07, 6.45) is 4.04. The summed E-state index contributed by atoms with van der Waals surface area (Å²) >= 11 is 0. The summed E-state index contributed by atoms with van der Waals surface area (Å²) in [7, 11) is 0. The number of fused-ring (bicyclic) bond motifs is 1. The predicted octanol–water partition coefficient (Wildman–Crippen LogP) is 2.80. The molecule has 0 saturated heterocycles. The number of aromatic nitrogens is 2. The molecule has 2 aromatic heterocycles. The molecule has 0 saturated carbocycles. The van der Waals surface area contributed by atoms with Gasteiger partial charge < -0.3 is 0 Å². The third-order valence-corrected chi connectivity index (χ3v) is 2.81. The van der Waals surface area contributed by atoms with Crippen LogP contribution < -0.4 is 4.40 Å². The summed E-state index contributed by atoms with van der Waals surface area (Å²) in [5, 5.41) is 0. The van der Waals surface area contributed by atoms with Gasteiger partial charge in [-0.1, -0.05) is 29.8 Å². The molecule has 2 nitrogen and oxygen atoms in total. The lowest BCUT2D eigenvalue weighted by atomic mass is 10.1. The van der Waals surface area contributed by atoms with E-state index in [4.69, 9.17) is 0 Å². The molecule has 0 spiro atoms. The lowest BCUT2D eigenvalue weighted by Gasteiger charge is -1.98. The van der Waals surface area contributed by atoms with E-state index in [1.165, 1.54) is 5.56 Å². The molecule has 0 aliphatic heterocycles. The molecule has 0 atom stereocenters. The summed E-state index contributed by atoms with van der Waals surface area (Å²) in [5.74, 6) is 0. The average molecular weight is 221 g/mol. The minimum atomic E-state index is 0.964. The molecule has 17 heavy (non-hydrogen) atoms. The fourth-order valence-corrected chi connectivity index (χ4v) is 1.94. The Labute approximate surface area is 100 Å². The maximum atomic E-state index is 4.65. The Balaban J connectivity index is 2.18. The number of rotatable bonds is 1. The first-order chi connectivity index (χ1) is 8.33. The molecular weight excluding hydrogens is 208 g/mol. The Morgan fingerprint density at radius 1 is 0.941 bits per heavy atom. The molecule has 1 aromatic carbocycles. The molecule has 3 aromatic rings. The molecule has 82 valence electrons. The molecule has 0 amide bonds.